The summed E-state index contributed by atoms with van der Waals surface area (Å²) in [7, 11) is 0. The summed E-state index contributed by atoms with van der Waals surface area (Å²) in [6.45, 7) is 10.7. The Bertz CT molecular complexity index is 793. The minimum absolute atomic E-state index is 0.0620. The van der Waals surface area contributed by atoms with Gasteiger partial charge in [-0.05, 0) is 73.9 Å². The fourth-order valence-electron chi connectivity index (χ4n) is 3.92. The smallest absolute Gasteiger partial charge is 0.261 e. The Labute approximate surface area is 181 Å². The van der Waals surface area contributed by atoms with Crippen molar-refractivity contribution in [3.63, 3.8) is 0 Å². The van der Waals surface area contributed by atoms with Crippen molar-refractivity contribution in [2.45, 2.75) is 65.5 Å². The molecule has 2 aromatic rings. The van der Waals surface area contributed by atoms with Crippen LogP contribution in [0, 0.1) is 5.92 Å². The standard InChI is InChI=1S/C26H36N2O2/c1-5-21-7-13-24(14-8-21)30-25(6-2)26(29)27-20(4)22-9-11-23(12-10-22)28-17-15-19(3)16-18-28/h7-14,19-20,25H,5-6,15-18H2,1-4H3,(H,27,29)/t20-,25+/m1/s1. The van der Waals surface area contributed by atoms with E-state index in [1.165, 1.54) is 24.1 Å². The molecule has 4 nitrogen and oxygen atoms in total. The molecule has 0 saturated carbocycles. The lowest BCUT2D eigenvalue weighted by atomic mass is 9.98. The number of benzene rings is 2. The maximum absolute atomic E-state index is 12.8. The molecule has 2 atom stereocenters. The van der Waals surface area contributed by atoms with Gasteiger partial charge in [-0.2, -0.15) is 0 Å². The third kappa shape index (κ3) is 5.78. The normalized spacial score (nSPS) is 16.7. The minimum Gasteiger partial charge on any atom is -0.481 e. The number of nitrogens with zero attached hydrogens (tertiary/aromatic N) is 1. The van der Waals surface area contributed by atoms with Crippen LogP contribution in [0.1, 0.15) is 64.1 Å². The molecule has 1 aliphatic heterocycles. The van der Waals surface area contributed by atoms with Crippen LogP contribution in [0.25, 0.3) is 0 Å². The van der Waals surface area contributed by atoms with E-state index < -0.39 is 6.10 Å². The van der Waals surface area contributed by atoms with Crippen LogP contribution in [-0.2, 0) is 11.2 Å². The number of ether oxygens (including phenoxy) is 1. The van der Waals surface area contributed by atoms with Crippen LogP contribution in [0.4, 0.5) is 5.69 Å². The van der Waals surface area contributed by atoms with Crippen molar-refractivity contribution in [3.05, 3.63) is 59.7 Å². The van der Waals surface area contributed by atoms with E-state index in [-0.39, 0.29) is 11.9 Å². The molecule has 1 amide bonds. The molecule has 1 saturated heterocycles. The zero-order valence-electron chi connectivity index (χ0n) is 18.9. The molecule has 0 unspecified atom stereocenters. The van der Waals surface area contributed by atoms with Gasteiger partial charge in [-0.15, -0.1) is 0 Å². The molecule has 0 bridgehead atoms. The fourth-order valence-corrected chi connectivity index (χ4v) is 3.92. The third-order valence-electron chi connectivity index (χ3n) is 6.17. The van der Waals surface area contributed by atoms with Gasteiger partial charge >= 0.3 is 0 Å². The molecular weight excluding hydrogens is 372 g/mol. The summed E-state index contributed by atoms with van der Waals surface area (Å²) < 4.78 is 5.95. The Kier molecular flexibility index (Phi) is 7.78. The summed E-state index contributed by atoms with van der Waals surface area (Å²) in [5, 5.41) is 3.12. The van der Waals surface area contributed by atoms with Gasteiger partial charge in [0, 0.05) is 18.8 Å². The van der Waals surface area contributed by atoms with Crippen LogP contribution < -0.4 is 15.0 Å². The molecule has 162 valence electrons. The van der Waals surface area contributed by atoms with Crippen LogP contribution in [0.3, 0.4) is 0 Å². The number of amides is 1. The largest absolute Gasteiger partial charge is 0.481 e. The Hall–Kier alpha value is -2.49. The van der Waals surface area contributed by atoms with Crippen molar-refractivity contribution in [3.8, 4) is 5.75 Å². The Morgan fingerprint density at radius 3 is 2.27 bits per heavy atom. The average Bonchev–Trinajstić information content (AvgIpc) is 2.78. The number of carbonyl (C=O) groups excluding carboxylic acids is 1. The van der Waals surface area contributed by atoms with Crippen molar-refractivity contribution in [1.29, 1.82) is 0 Å². The van der Waals surface area contributed by atoms with Gasteiger partial charge < -0.3 is 15.0 Å². The maximum Gasteiger partial charge on any atom is 0.261 e. The molecular formula is C26H36N2O2. The zero-order valence-corrected chi connectivity index (χ0v) is 18.9. The van der Waals surface area contributed by atoms with E-state index in [0.717, 1.165) is 36.7 Å². The number of aryl methyl sites for hydroxylation is 1. The highest BCUT2D eigenvalue weighted by Crippen LogP contribution is 2.25. The number of nitrogens with one attached hydrogen (secondary N) is 1. The second-order valence-corrected chi connectivity index (χ2v) is 8.50. The van der Waals surface area contributed by atoms with Gasteiger partial charge in [-0.25, -0.2) is 0 Å². The van der Waals surface area contributed by atoms with E-state index in [9.17, 15) is 4.79 Å². The summed E-state index contributed by atoms with van der Waals surface area (Å²) in [6.07, 6.45) is 3.64. The average molecular weight is 409 g/mol. The second kappa shape index (κ2) is 10.5. The van der Waals surface area contributed by atoms with Gasteiger partial charge in [0.15, 0.2) is 6.10 Å². The molecule has 0 spiro atoms. The van der Waals surface area contributed by atoms with Gasteiger partial charge in [0.05, 0.1) is 6.04 Å². The summed E-state index contributed by atoms with van der Waals surface area (Å²) in [4.78, 5) is 15.2. The van der Waals surface area contributed by atoms with Crippen molar-refractivity contribution in [2.75, 3.05) is 18.0 Å². The first-order chi connectivity index (χ1) is 14.5. The second-order valence-electron chi connectivity index (χ2n) is 8.50. The quantitative estimate of drug-likeness (QED) is 0.625. The molecule has 1 fully saturated rings. The molecule has 0 aromatic heterocycles. The lowest BCUT2D eigenvalue weighted by Gasteiger charge is -2.32. The first kappa shape index (κ1) is 22.2. The van der Waals surface area contributed by atoms with E-state index in [2.05, 4.69) is 48.3 Å². The number of piperidine rings is 1. The van der Waals surface area contributed by atoms with Crippen LogP contribution in [-0.4, -0.2) is 25.1 Å². The fraction of sp³-hybridized carbons (Fsp3) is 0.500. The highest BCUT2D eigenvalue weighted by molar-refractivity contribution is 5.81. The summed E-state index contributed by atoms with van der Waals surface area (Å²) in [5.41, 5.74) is 3.64. The van der Waals surface area contributed by atoms with Gasteiger partial charge in [0.2, 0.25) is 0 Å². The molecule has 0 radical (unpaired) electrons. The molecule has 30 heavy (non-hydrogen) atoms. The molecule has 4 heteroatoms. The maximum atomic E-state index is 12.8. The van der Waals surface area contributed by atoms with Gasteiger partial charge in [0.25, 0.3) is 5.91 Å². The SMILES string of the molecule is CCc1ccc(O[C@@H](CC)C(=O)N[C@H](C)c2ccc(N3CCC(C)CC3)cc2)cc1. The highest BCUT2D eigenvalue weighted by atomic mass is 16.5. The number of anilines is 1. The Morgan fingerprint density at radius 2 is 1.70 bits per heavy atom. The highest BCUT2D eigenvalue weighted by Gasteiger charge is 2.21. The zero-order chi connectivity index (χ0) is 21.5. The molecule has 1 heterocycles. The van der Waals surface area contributed by atoms with Crippen LogP contribution in [0.2, 0.25) is 0 Å². The topological polar surface area (TPSA) is 41.6 Å². The lowest BCUT2D eigenvalue weighted by Crippen LogP contribution is -2.39. The molecule has 1 N–H and O–H groups in total. The summed E-state index contributed by atoms with van der Waals surface area (Å²) >= 11 is 0. The van der Waals surface area contributed by atoms with E-state index in [1.54, 1.807) is 0 Å². The van der Waals surface area contributed by atoms with Crippen molar-refractivity contribution in [1.82, 2.24) is 5.32 Å². The number of hydrogen-bond acceptors (Lipinski definition) is 3. The third-order valence-corrected chi connectivity index (χ3v) is 6.17. The van der Waals surface area contributed by atoms with Crippen LogP contribution in [0.5, 0.6) is 5.75 Å². The number of hydrogen-bond donors (Lipinski definition) is 1. The van der Waals surface area contributed by atoms with Crippen molar-refractivity contribution >= 4 is 11.6 Å². The van der Waals surface area contributed by atoms with Crippen LogP contribution in [0.15, 0.2) is 48.5 Å². The first-order valence-electron chi connectivity index (χ1n) is 11.4. The van der Waals surface area contributed by atoms with Gasteiger partial charge in [-0.3, -0.25) is 4.79 Å². The van der Waals surface area contributed by atoms with Crippen molar-refractivity contribution < 1.29 is 9.53 Å². The molecule has 3 rings (SSSR count). The van der Waals surface area contributed by atoms with E-state index in [4.69, 9.17) is 4.74 Å². The van der Waals surface area contributed by atoms with E-state index in [1.807, 2.05) is 38.1 Å². The number of rotatable bonds is 8. The molecule has 2 aromatic carbocycles. The van der Waals surface area contributed by atoms with Crippen LogP contribution >= 0.6 is 0 Å². The van der Waals surface area contributed by atoms with Gasteiger partial charge in [-0.1, -0.05) is 45.0 Å². The predicted molar refractivity (Wildman–Crippen MR) is 124 cm³/mol. The van der Waals surface area contributed by atoms with Crippen molar-refractivity contribution in [2.24, 2.45) is 5.92 Å². The van der Waals surface area contributed by atoms with E-state index in [0.29, 0.717) is 6.42 Å². The Balaban J connectivity index is 1.56. The first-order valence-corrected chi connectivity index (χ1v) is 11.4. The number of carbonyl (C=O) groups is 1. The monoisotopic (exact) mass is 408 g/mol. The van der Waals surface area contributed by atoms with E-state index >= 15 is 0 Å². The molecule has 1 aliphatic rings. The summed E-state index contributed by atoms with van der Waals surface area (Å²) in [6, 6.07) is 16.5. The van der Waals surface area contributed by atoms with Gasteiger partial charge in [0.1, 0.15) is 5.75 Å². The minimum atomic E-state index is -0.491. The lowest BCUT2D eigenvalue weighted by molar-refractivity contribution is -0.128. The predicted octanol–water partition coefficient (Wildman–Crippen LogP) is 5.52. The summed E-state index contributed by atoms with van der Waals surface area (Å²) in [5.74, 6) is 1.50. The Morgan fingerprint density at radius 1 is 1.07 bits per heavy atom. The molecule has 0 aliphatic carbocycles.